The molecular formula is C16H7F29OSi. The fraction of sp³-hybridized carbons (Fsp3) is 1.00. The van der Waals surface area contributed by atoms with Gasteiger partial charge in [0.25, 0.3) is 0 Å². The Bertz CT molecular complexity index is 1120. The smallest absolute Gasteiger partial charge is 0.438 e. The summed E-state index contributed by atoms with van der Waals surface area (Å²) in [6.07, 6.45) is -11.2. The van der Waals surface area contributed by atoms with E-state index in [1.165, 1.54) is 0 Å². The zero-order valence-electron chi connectivity index (χ0n) is 20.5. The summed E-state index contributed by atoms with van der Waals surface area (Å²) in [7, 11) is -2.97. The molecule has 0 aromatic heterocycles. The number of alkyl halides is 29. The van der Waals surface area contributed by atoms with Gasteiger partial charge in [0.15, 0.2) is 9.76 Å². The van der Waals surface area contributed by atoms with Gasteiger partial charge in [-0.2, -0.15) is 127 Å². The monoisotopic (exact) mass is 794 g/mol. The lowest BCUT2D eigenvalue weighted by Gasteiger charge is -2.46. The number of halogens is 29. The molecule has 0 aromatic carbocycles. The summed E-state index contributed by atoms with van der Waals surface area (Å²) in [6.45, 7) is 0. The zero-order chi connectivity index (χ0) is 39.1. The van der Waals surface area contributed by atoms with Crippen LogP contribution < -0.4 is 0 Å². The van der Waals surface area contributed by atoms with Gasteiger partial charge in [-0.25, -0.2) is 0 Å². The molecule has 0 rings (SSSR count). The summed E-state index contributed by atoms with van der Waals surface area (Å²) in [6, 6.07) is -1.75. The highest BCUT2D eigenvalue weighted by Crippen LogP contribution is 2.69. The topological polar surface area (TPSA) is 20.2 Å². The van der Waals surface area contributed by atoms with Crippen molar-refractivity contribution in [3.05, 3.63) is 0 Å². The molecule has 0 aliphatic rings. The molecule has 0 saturated heterocycles. The van der Waals surface area contributed by atoms with Crippen LogP contribution in [0.4, 0.5) is 127 Å². The van der Waals surface area contributed by atoms with Gasteiger partial charge in [-0.1, -0.05) is 0 Å². The van der Waals surface area contributed by atoms with E-state index in [0.29, 0.717) is 0 Å². The molecule has 0 aliphatic carbocycles. The summed E-state index contributed by atoms with van der Waals surface area (Å²) in [5.74, 6) is -120. The van der Waals surface area contributed by atoms with Crippen molar-refractivity contribution in [1.29, 1.82) is 0 Å². The molecule has 0 aliphatic heterocycles. The standard InChI is InChI=1S/C16H7F29OSi/c17-3(18,1-2-47-46)4(19,20)5(21,22)6(23,24)7(25,26)8(27,28)9(29,30)10(31,32)11(33,34)12(35,36)13(37,38)14(39,40)15(41,42)16(43,44)45/h46H,1-2,47H2. The van der Waals surface area contributed by atoms with Crippen LogP contribution in [0.3, 0.4) is 0 Å². The maximum atomic E-state index is 13.7. The number of rotatable bonds is 15. The Labute approximate surface area is 239 Å². The first-order valence-electron chi connectivity index (χ1n) is 10.4. The fourth-order valence-electron chi connectivity index (χ4n) is 2.84. The van der Waals surface area contributed by atoms with Crippen molar-refractivity contribution in [2.24, 2.45) is 0 Å². The van der Waals surface area contributed by atoms with Crippen LogP contribution in [0.2, 0.25) is 6.04 Å². The van der Waals surface area contributed by atoms with Crippen LogP contribution in [-0.4, -0.2) is 97.7 Å². The van der Waals surface area contributed by atoms with Crippen LogP contribution in [0.15, 0.2) is 0 Å². The Hall–Kier alpha value is -1.85. The SMILES string of the molecule is O[SiH2]CCC(F)(F)C(F)(F)C(F)(F)C(F)(F)C(F)(F)C(F)(F)C(F)(F)C(F)(F)C(F)(F)C(F)(F)C(F)(F)C(F)(F)C(F)(F)C(F)(F)F. The fourth-order valence-corrected chi connectivity index (χ4v) is 3.44. The number of hydrogen-bond acceptors (Lipinski definition) is 1. The van der Waals surface area contributed by atoms with E-state index >= 15 is 0 Å². The second-order valence-electron chi connectivity index (χ2n) is 8.92. The summed E-state index contributed by atoms with van der Waals surface area (Å²) < 4.78 is 387. The summed E-state index contributed by atoms with van der Waals surface area (Å²) in [5.41, 5.74) is 0. The second kappa shape index (κ2) is 11.3. The van der Waals surface area contributed by atoms with Crippen LogP contribution in [0.5, 0.6) is 0 Å². The third kappa shape index (κ3) is 5.43. The highest BCUT2D eigenvalue weighted by molar-refractivity contribution is 6.25. The van der Waals surface area contributed by atoms with Crippen molar-refractivity contribution in [2.75, 3.05) is 0 Å². The van der Waals surface area contributed by atoms with Crippen LogP contribution in [0.25, 0.3) is 0 Å². The molecular weight excluding hydrogens is 787 g/mol. The molecule has 0 atom stereocenters. The van der Waals surface area contributed by atoms with E-state index < -0.39 is 105 Å². The third-order valence-corrected chi connectivity index (χ3v) is 6.47. The summed E-state index contributed by atoms with van der Waals surface area (Å²) in [5, 5.41) is 0. The molecule has 0 radical (unpaired) electrons. The summed E-state index contributed by atoms with van der Waals surface area (Å²) >= 11 is 0. The van der Waals surface area contributed by atoms with Gasteiger partial charge >= 0.3 is 83.2 Å². The highest BCUT2D eigenvalue weighted by atomic mass is 28.2. The van der Waals surface area contributed by atoms with E-state index in [2.05, 4.69) is 0 Å². The minimum Gasteiger partial charge on any atom is -0.438 e. The van der Waals surface area contributed by atoms with Crippen molar-refractivity contribution in [3.63, 3.8) is 0 Å². The van der Waals surface area contributed by atoms with Crippen molar-refractivity contribution in [2.45, 2.75) is 95.6 Å². The van der Waals surface area contributed by atoms with Gasteiger partial charge in [-0.15, -0.1) is 0 Å². The average molecular weight is 794 g/mol. The van der Waals surface area contributed by atoms with Gasteiger partial charge in [0, 0.05) is 6.42 Å². The van der Waals surface area contributed by atoms with Crippen molar-refractivity contribution >= 4 is 9.76 Å². The molecule has 0 unspecified atom stereocenters. The maximum Gasteiger partial charge on any atom is 0.460 e. The predicted octanol–water partition coefficient (Wildman–Crippen LogP) is 8.69. The minimum absolute atomic E-state index is 1.75. The molecule has 47 heavy (non-hydrogen) atoms. The number of hydrogen-bond donors (Lipinski definition) is 1. The van der Waals surface area contributed by atoms with E-state index in [9.17, 15) is 127 Å². The molecule has 1 nitrogen and oxygen atoms in total. The van der Waals surface area contributed by atoms with Crippen molar-refractivity contribution in [3.8, 4) is 0 Å². The molecule has 0 aromatic rings. The predicted molar refractivity (Wildman–Crippen MR) is 90.6 cm³/mol. The molecule has 0 spiro atoms. The van der Waals surface area contributed by atoms with E-state index in [1.54, 1.807) is 0 Å². The molecule has 0 heterocycles. The van der Waals surface area contributed by atoms with E-state index in [0.717, 1.165) is 0 Å². The Balaban J connectivity index is 7.50. The molecule has 1 N–H and O–H groups in total. The summed E-state index contributed by atoms with van der Waals surface area (Å²) in [4.78, 5) is 8.31. The normalized spacial score (nSPS) is 17.2. The maximum absolute atomic E-state index is 13.7. The average Bonchev–Trinajstić information content (AvgIpc) is 2.85. The lowest BCUT2D eigenvalue weighted by molar-refractivity contribution is -0.487. The molecule has 284 valence electrons. The van der Waals surface area contributed by atoms with Crippen molar-refractivity contribution < 1.29 is 132 Å². The van der Waals surface area contributed by atoms with Gasteiger partial charge in [0.2, 0.25) is 0 Å². The Morgan fingerprint density at radius 1 is 0.277 bits per heavy atom. The third-order valence-electron chi connectivity index (χ3n) is 5.80. The van der Waals surface area contributed by atoms with Crippen LogP contribution in [-0.2, 0) is 0 Å². The van der Waals surface area contributed by atoms with Gasteiger partial charge < -0.3 is 4.80 Å². The van der Waals surface area contributed by atoms with Crippen molar-refractivity contribution in [1.82, 2.24) is 0 Å². The second-order valence-corrected chi connectivity index (χ2v) is 10.1. The molecule has 0 bridgehead atoms. The van der Waals surface area contributed by atoms with Gasteiger partial charge in [0.05, 0.1) is 0 Å². The van der Waals surface area contributed by atoms with Crippen LogP contribution in [0, 0.1) is 0 Å². The Morgan fingerprint density at radius 3 is 0.617 bits per heavy atom. The largest absolute Gasteiger partial charge is 0.460 e. The molecule has 0 amide bonds. The van der Waals surface area contributed by atoms with Crippen LogP contribution in [0.1, 0.15) is 6.42 Å². The van der Waals surface area contributed by atoms with Gasteiger partial charge in [-0.3, -0.25) is 0 Å². The first-order chi connectivity index (χ1) is 19.8. The van der Waals surface area contributed by atoms with Gasteiger partial charge in [0.1, 0.15) is 0 Å². The Morgan fingerprint density at radius 2 is 0.447 bits per heavy atom. The highest BCUT2D eigenvalue weighted by Gasteiger charge is 3.00. The quantitative estimate of drug-likeness (QED) is 0.130. The Kier molecular flexibility index (Phi) is 10.9. The van der Waals surface area contributed by atoms with Gasteiger partial charge in [-0.05, 0) is 6.04 Å². The minimum atomic E-state index is -9.92. The molecule has 0 saturated carbocycles. The lowest BCUT2D eigenvalue weighted by atomic mass is 9.83. The van der Waals surface area contributed by atoms with E-state index in [1.807, 2.05) is 0 Å². The van der Waals surface area contributed by atoms with E-state index in [-0.39, 0.29) is 0 Å². The van der Waals surface area contributed by atoms with E-state index in [4.69, 9.17) is 4.80 Å². The lowest BCUT2D eigenvalue weighted by Crippen LogP contribution is -2.79. The van der Waals surface area contributed by atoms with Crippen LogP contribution >= 0.6 is 0 Å². The zero-order valence-corrected chi connectivity index (χ0v) is 21.9. The molecule has 31 heteroatoms. The molecule has 0 fully saturated rings. The first kappa shape index (κ1) is 45.1. The first-order valence-corrected chi connectivity index (χ1v) is 12.0.